The predicted molar refractivity (Wildman–Crippen MR) is 91.7 cm³/mol. The zero-order valence-corrected chi connectivity index (χ0v) is 13.8. The van der Waals surface area contributed by atoms with Crippen LogP contribution in [0.25, 0.3) is 0 Å². The summed E-state index contributed by atoms with van der Waals surface area (Å²) >= 11 is 6.03. The molecule has 0 atom stereocenters. The quantitative estimate of drug-likeness (QED) is 0.512. The van der Waals surface area contributed by atoms with Crippen LogP contribution in [-0.2, 0) is 0 Å². The van der Waals surface area contributed by atoms with Crippen molar-refractivity contribution in [3.63, 3.8) is 0 Å². The van der Waals surface area contributed by atoms with Crippen molar-refractivity contribution in [1.29, 1.82) is 0 Å². The summed E-state index contributed by atoms with van der Waals surface area (Å²) in [4.78, 5) is 4.85. The highest BCUT2D eigenvalue weighted by Gasteiger charge is 2.20. The van der Waals surface area contributed by atoms with Crippen molar-refractivity contribution in [3.8, 4) is 0 Å². The minimum atomic E-state index is -3.16. The summed E-state index contributed by atoms with van der Waals surface area (Å²) in [5.41, 5.74) is 0.892. The third-order valence-electron chi connectivity index (χ3n) is 3.13. The van der Waals surface area contributed by atoms with Crippen molar-refractivity contribution in [2.75, 3.05) is 5.32 Å². The van der Waals surface area contributed by atoms with E-state index in [2.05, 4.69) is 20.5 Å². The highest BCUT2D eigenvalue weighted by atomic mass is 35.5. The maximum Gasteiger partial charge on any atom is 0.153 e. The minimum absolute atomic E-state index is 0.160. The Hall–Kier alpha value is -2.06. The van der Waals surface area contributed by atoms with Crippen LogP contribution in [0.2, 0.25) is 5.15 Å². The van der Waals surface area contributed by atoms with Gasteiger partial charge < -0.3 is 5.32 Å². The fourth-order valence-electron chi connectivity index (χ4n) is 2.06. The molecule has 8 heteroatoms. The van der Waals surface area contributed by atoms with Crippen LogP contribution in [0, 0.1) is 6.92 Å². The number of benzene rings is 1. The third kappa shape index (κ3) is 3.48. The van der Waals surface area contributed by atoms with Gasteiger partial charge in [0.25, 0.3) is 0 Å². The standard InChI is InChI=1S/C15H15ClN4O2S/c1-10-7-15(20-19-10)18-14-9-12(8-13(16)17-14)23(21,22)11-5-3-2-4-6-11/h2-9,21-22H,1H3,(H2,17,18,19,20). The molecule has 23 heavy (non-hydrogen) atoms. The molecule has 2 aromatic heterocycles. The van der Waals surface area contributed by atoms with Gasteiger partial charge in [0.15, 0.2) is 5.82 Å². The number of rotatable bonds is 4. The van der Waals surface area contributed by atoms with Crippen LogP contribution in [-0.4, -0.2) is 24.3 Å². The second-order valence-electron chi connectivity index (χ2n) is 4.93. The van der Waals surface area contributed by atoms with Gasteiger partial charge in [-0.2, -0.15) is 5.10 Å². The van der Waals surface area contributed by atoms with Gasteiger partial charge in [0.05, 0.1) is 9.79 Å². The average Bonchev–Trinajstić information content (AvgIpc) is 2.92. The van der Waals surface area contributed by atoms with Crippen LogP contribution in [0.5, 0.6) is 0 Å². The summed E-state index contributed by atoms with van der Waals surface area (Å²) in [5.74, 6) is 0.953. The summed E-state index contributed by atoms with van der Waals surface area (Å²) in [6.45, 7) is 1.88. The number of nitrogens with zero attached hydrogens (tertiary/aromatic N) is 2. The van der Waals surface area contributed by atoms with E-state index in [4.69, 9.17) is 11.6 Å². The number of pyridine rings is 1. The molecule has 0 fully saturated rings. The fourth-order valence-corrected chi connectivity index (χ4v) is 3.70. The van der Waals surface area contributed by atoms with Gasteiger partial charge in [-0.3, -0.25) is 14.2 Å². The summed E-state index contributed by atoms with van der Waals surface area (Å²) in [5, 5.41) is 10.0. The van der Waals surface area contributed by atoms with Gasteiger partial charge in [-0.05, 0) is 25.1 Å². The molecule has 2 heterocycles. The number of H-pyrrole nitrogens is 1. The van der Waals surface area contributed by atoms with E-state index in [1.807, 2.05) is 13.0 Å². The molecule has 0 aliphatic carbocycles. The molecule has 0 unspecified atom stereocenters. The van der Waals surface area contributed by atoms with Crippen LogP contribution in [0.15, 0.2) is 58.3 Å². The molecule has 4 N–H and O–H groups in total. The van der Waals surface area contributed by atoms with Gasteiger partial charge in [0, 0.05) is 17.8 Å². The van der Waals surface area contributed by atoms with E-state index < -0.39 is 10.6 Å². The second-order valence-corrected chi connectivity index (χ2v) is 7.36. The summed E-state index contributed by atoms with van der Waals surface area (Å²) in [6.07, 6.45) is 0. The maximum absolute atomic E-state index is 10.6. The van der Waals surface area contributed by atoms with Gasteiger partial charge in [-0.25, -0.2) is 4.98 Å². The van der Waals surface area contributed by atoms with Crippen molar-refractivity contribution >= 4 is 33.8 Å². The first-order chi connectivity index (χ1) is 10.9. The molecule has 0 radical (unpaired) electrons. The number of halogens is 1. The number of hydrogen-bond acceptors (Lipinski definition) is 5. The topological polar surface area (TPSA) is 94.1 Å². The molecular weight excluding hydrogens is 336 g/mol. The van der Waals surface area contributed by atoms with Gasteiger partial charge >= 0.3 is 0 Å². The molecule has 0 spiro atoms. The van der Waals surface area contributed by atoms with Gasteiger partial charge in [-0.1, -0.05) is 29.8 Å². The van der Waals surface area contributed by atoms with E-state index in [0.29, 0.717) is 21.4 Å². The molecule has 0 bridgehead atoms. The molecule has 0 saturated carbocycles. The Morgan fingerprint density at radius 1 is 1.04 bits per heavy atom. The van der Waals surface area contributed by atoms with Gasteiger partial charge in [-0.15, -0.1) is 10.6 Å². The smallest absolute Gasteiger partial charge is 0.153 e. The Bertz CT molecular complexity index is 823. The Kier molecular flexibility index (Phi) is 4.27. The van der Waals surface area contributed by atoms with Crippen molar-refractivity contribution in [3.05, 3.63) is 59.4 Å². The average molecular weight is 351 g/mol. The predicted octanol–water partition coefficient (Wildman–Crippen LogP) is 4.68. The van der Waals surface area contributed by atoms with E-state index in [9.17, 15) is 9.11 Å². The molecule has 0 saturated heterocycles. The fraction of sp³-hybridized carbons (Fsp3) is 0.0667. The molecule has 0 aliphatic heterocycles. The zero-order valence-electron chi connectivity index (χ0n) is 12.2. The lowest BCUT2D eigenvalue weighted by atomic mass is 10.4. The third-order valence-corrected chi connectivity index (χ3v) is 5.15. The van der Waals surface area contributed by atoms with Gasteiger partial charge in [0.2, 0.25) is 0 Å². The molecule has 3 aromatic rings. The van der Waals surface area contributed by atoms with Crippen LogP contribution in [0.1, 0.15) is 5.69 Å². The SMILES string of the molecule is Cc1cc(Nc2cc(S(O)(O)c3ccccc3)cc(Cl)n2)n[nH]1. The van der Waals surface area contributed by atoms with Crippen molar-refractivity contribution in [1.82, 2.24) is 15.2 Å². The molecule has 0 amide bonds. The number of aryl methyl sites for hydroxylation is 1. The first-order valence-electron chi connectivity index (χ1n) is 6.75. The minimum Gasteiger partial charge on any atom is -0.323 e. The zero-order chi connectivity index (χ0) is 16.4. The largest absolute Gasteiger partial charge is 0.323 e. The van der Waals surface area contributed by atoms with E-state index in [-0.39, 0.29) is 5.15 Å². The van der Waals surface area contributed by atoms with Crippen molar-refractivity contribution < 1.29 is 9.11 Å². The lowest BCUT2D eigenvalue weighted by Crippen LogP contribution is -2.02. The van der Waals surface area contributed by atoms with E-state index in [1.54, 1.807) is 36.4 Å². The number of aromatic nitrogens is 3. The van der Waals surface area contributed by atoms with E-state index in [0.717, 1.165) is 5.69 Å². The Labute approximate surface area is 139 Å². The monoisotopic (exact) mass is 350 g/mol. The molecule has 3 rings (SSSR count). The summed E-state index contributed by atoms with van der Waals surface area (Å²) in [6, 6.07) is 13.4. The van der Waals surface area contributed by atoms with Crippen LogP contribution >= 0.6 is 22.2 Å². The van der Waals surface area contributed by atoms with Crippen LogP contribution in [0.3, 0.4) is 0 Å². The molecule has 6 nitrogen and oxygen atoms in total. The van der Waals surface area contributed by atoms with E-state index >= 15 is 0 Å². The summed E-state index contributed by atoms with van der Waals surface area (Å²) in [7, 11) is -3.16. The maximum atomic E-state index is 10.6. The molecular formula is C15H15ClN4O2S. The molecule has 1 aromatic carbocycles. The first kappa shape index (κ1) is 15.8. The lowest BCUT2D eigenvalue weighted by molar-refractivity contribution is 0.487. The molecule has 0 aliphatic rings. The highest BCUT2D eigenvalue weighted by Crippen LogP contribution is 2.56. The Morgan fingerprint density at radius 2 is 1.78 bits per heavy atom. The summed E-state index contributed by atoms with van der Waals surface area (Å²) < 4.78 is 21.2. The second kappa shape index (κ2) is 6.21. The first-order valence-corrected chi connectivity index (χ1v) is 8.67. The normalized spacial score (nSPS) is 12.2. The number of hydrogen-bond donors (Lipinski definition) is 4. The number of nitrogens with one attached hydrogen (secondary N) is 2. The van der Waals surface area contributed by atoms with Gasteiger partial charge in [0.1, 0.15) is 11.0 Å². The number of aromatic amines is 1. The van der Waals surface area contributed by atoms with Crippen molar-refractivity contribution in [2.24, 2.45) is 0 Å². The highest BCUT2D eigenvalue weighted by molar-refractivity contribution is 8.24. The van der Waals surface area contributed by atoms with Crippen LogP contribution in [0.4, 0.5) is 11.6 Å². The lowest BCUT2D eigenvalue weighted by Gasteiger charge is -2.32. The van der Waals surface area contributed by atoms with Crippen LogP contribution < -0.4 is 5.32 Å². The Balaban J connectivity index is 1.97. The Morgan fingerprint density at radius 3 is 2.43 bits per heavy atom. The van der Waals surface area contributed by atoms with Crippen molar-refractivity contribution in [2.45, 2.75) is 16.7 Å². The molecule has 120 valence electrons. The van der Waals surface area contributed by atoms with E-state index in [1.165, 1.54) is 6.07 Å². The number of anilines is 2.